The smallest absolute Gasteiger partial charge is 0.124 e. The van der Waals surface area contributed by atoms with Crippen molar-refractivity contribution in [3.8, 4) is 0 Å². The number of pyridine rings is 1. The highest BCUT2D eigenvalue weighted by Gasteiger charge is 2.05. The third-order valence-corrected chi connectivity index (χ3v) is 2.82. The van der Waals surface area contributed by atoms with E-state index in [1.165, 1.54) is 4.91 Å². The van der Waals surface area contributed by atoms with Crippen LogP contribution in [-0.2, 0) is 0 Å². The quantitative estimate of drug-likeness (QED) is 0.708. The molecule has 0 saturated carbocycles. The normalized spacial score (nSPS) is 11.0. The molecule has 1 heterocycles. The van der Waals surface area contributed by atoms with E-state index in [0.29, 0.717) is 11.1 Å². The number of allylic oxidation sites excluding steroid dienone is 1. The molecule has 90 valence electrons. The Morgan fingerprint density at radius 3 is 2.50 bits per heavy atom. The van der Waals surface area contributed by atoms with E-state index in [1.54, 1.807) is 17.8 Å². The molecule has 1 aromatic rings. The van der Waals surface area contributed by atoms with E-state index in [2.05, 4.69) is 30.8 Å². The Bertz CT molecular complexity index is 340. The molecule has 0 aliphatic rings. The third-order valence-electron chi connectivity index (χ3n) is 1.65. The number of anilines is 1. The molecule has 0 aliphatic carbocycles. The minimum absolute atomic E-state index is 0.560. The van der Waals surface area contributed by atoms with Crippen LogP contribution in [0.5, 0.6) is 0 Å². The van der Waals surface area contributed by atoms with Crippen LogP contribution in [0.2, 0.25) is 0 Å². The van der Waals surface area contributed by atoms with Gasteiger partial charge in [0, 0.05) is 10.2 Å². The summed E-state index contributed by atoms with van der Waals surface area (Å²) < 4.78 is 0. The van der Waals surface area contributed by atoms with Gasteiger partial charge in [-0.15, -0.1) is 11.8 Å². The van der Waals surface area contributed by atoms with Crippen molar-refractivity contribution >= 4 is 22.5 Å². The topological polar surface area (TPSA) is 85.2 Å². The number of hydrogen-bond acceptors (Lipinski definition) is 5. The Kier molecular flexibility index (Phi) is 7.62. The van der Waals surface area contributed by atoms with Gasteiger partial charge in [-0.1, -0.05) is 26.0 Å². The number of nitrogens with two attached hydrogens (primary N) is 2. The van der Waals surface area contributed by atoms with Crippen LogP contribution in [-0.4, -0.2) is 15.4 Å². The van der Waals surface area contributed by atoms with E-state index in [0.717, 1.165) is 5.69 Å². The Morgan fingerprint density at radius 1 is 1.44 bits per heavy atom. The zero-order valence-electron chi connectivity index (χ0n) is 9.84. The van der Waals surface area contributed by atoms with Gasteiger partial charge in [-0.25, -0.2) is 10.9 Å². The van der Waals surface area contributed by atoms with Crippen molar-refractivity contribution in [3.05, 3.63) is 30.0 Å². The zero-order valence-corrected chi connectivity index (χ0v) is 10.7. The van der Waals surface area contributed by atoms with Crippen LogP contribution in [0, 0.1) is 0 Å². The summed E-state index contributed by atoms with van der Waals surface area (Å²) >= 11 is 1.80. The summed E-state index contributed by atoms with van der Waals surface area (Å²) in [6.07, 6.45) is 2.08. The van der Waals surface area contributed by atoms with E-state index in [4.69, 9.17) is 10.9 Å². The highest BCUT2D eigenvalue weighted by atomic mass is 32.2. The minimum atomic E-state index is 0.560. The van der Waals surface area contributed by atoms with E-state index in [9.17, 15) is 0 Å². The predicted octanol–water partition coefficient (Wildman–Crippen LogP) is 2.50. The lowest BCUT2D eigenvalue weighted by atomic mass is 10.3. The largest absolute Gasteiger partial charge is 0.384 e. The molecule has 1 rings (SSSR count). The van der Waals surface area contributed by atoms with Crippen LogP contribution >= 0.6 is 11.8 Å². The van der Waals surface area contributed by atoms with E-state index in [-0.39, 0.29) is 0 Å². The molecule has 5 N–H and O–H groups in total. The molecule has 16 heavy (non-hydrogen) atoms. The Hall–Kier alpha value is -1.04. The number of hydrogen-bond donors (Lipinski definition) is 3. The van der Waals surface area contributed by atoms with Crippen molar-refractivity contribution in [1.29, 1.82) is 0 Å². The van der Waals surface area contributed by atoms with Gasteiger partial charge in [-0.3, -0.25) is 0 Å². The standard InChI is InChI=1S/C11H16N2S.H3NO/c1-4-10(14-8(2)3)9-6-5-7-11(12)13-9;1-2/h4-8H,1-3H3,(H2,12,13);2H,1H2/b10-4-;. The molecule has 0 amide bonds. The van der Waals surface area contributed by atoms with Crippen LogP contribution in [0.25, 0.3) is 4.91 Å². The van der Waals surface area contributed by atoms with Crippen molar-refractivity contribution in [2.75, 3.05) is 5.73 Å². The molecule has 0 fully saturated rings. The molecule has 0 radical (unpaired) electrons. The molecule has 4 nitrogen and oxygen atoms in total. The first-order valence-corrected chi connectivity index (χ1v) is 5.83. The summed E-state index contributed by atoms with van der Waals surface area (Å²) in [4.78, 5) is 5.47. The zero-order chi connectivity index (χ0) is 12.6. The molecule has 0 unspecified atom stereocenters. The van der Waals surface area contributed by atoms with Crippen molar-refractivity contribution in [2.45, 2.75) is 26.0 Å². The lowest BCUT2D eigenvalue weighted by molar-refractivity contribution is 0.311. The lowest BCUT2D eigenvalue weighted by Gasteiger charge is -2.08. The maximum Gasteiger partial charge on any atom is 0.124 e. The lowest BCUT2D eigenvalue weighted by Crippen LogP contribution is -1.95. The highest BCUT2D eigenvalue weighted by Crippen LogP contribution is 2.29. The molecule has 0 atom stereocenters. The second-order valence-corrected chi connectivity index (χ2v) is 4.89. The van der Waals surface area contributed by atoms with Crippen LogP contribution < -0.4 is 11.6 Å². The molecule has 1 aromatic heterocycles. The number of aromatic nitrogens is 1. The maximum atomic E-state index is 6.50. The number of rotatable bonds is 3. The van der Waals surface area contributed by atoms with Crippen LogP contribution in [0.1, 0.15) is 26.5 Å². The second kappa shape index (κ2) is 8.15. The first kappa shape index (κ1) is 15.0. The van der Waals surface area contributed by atoms with Crippen molar-refractivity contribution in [2.24, 2.45) is 5.90 Å². The summed E-state index contributed by atoms with van der Waals surface area (Å²) in [7, 11) is 0. The van der Waals surface area contributed by atoms with Gasteiger partial charge in [-0.2, -0.15) is 0 Å². The van der Waals surface area contributed by atoms with Crippen LogP contribution in [0.15, 0.2) is 24.3 Å². The molecular weight excluding hydrogens is 222 g/mol. The van der Waals surface area contributed by atoms with Gasteiger partial charge in [0.2, 0.25) is 0 Å². The predicted molar refractivity (Wildman–Crippen MR) is 71.0 cm³/mol. The van der Waals surface area contributed by atoms with E-state index >= 15 is 0 Å². The molecule has 0 saturated heterocycles. The fraction of sp³-hybridized carbons (Fsp3) is 0.364. The molecule has 0 aliphatic heterocycles. The first-order chi connectivity index (χ1) is 7.63. The van der Waals surface area contributed by atoms with Crippen molar-refractivity contribution in [3.63, 3.8) is 0 Å². The number of nitrogens with zero attached hydrogens (tertiary/aromatic N) is 1. The van der Waals surface area contributed by atoms with E-state index < -0.39 is 0 Å². The number of nitrogen functional groups attached to an aromatic ring is 1. The number of thioether (sulfide) groups is 1. The van der Waals surface area contributed by atoms with Crippen molar-refractivity contribution in [1.82, 2.24) is 4.98 Å². The average molecular weight is 241 g/mol. The molecule has 0 bridgehead atoms. The Balaban J connectivity index is 0.00000106. The van der Waals surface area contributed by atoms with Crippen LogP contribution in [0.4, 0.5) is 5.82 Å². The Morgan fingerprint density at radius 2 is 2.06 bits per heavy atom. The summed E-state index contributed by atoms with van der Waals surface area (Å²) in [5, 5.41) is 7.06. The molecule has 0 aromatic carbocycles. The van der Waals surface area contributed by atoms with Gasteiger partial charge in [0.15, 0.2) is 0 Å². The van der Waals surface area contributed by atoms with Gasteiger partial charge < -0.3 is 10.9 Å². The molecule has 0 spiro atoms. The average Bonchev–Trinajstić information content (AvgIpc) is 2.28. The molecular formula is C11H19N3OS. The van der Waals surface area contributed by atoms with Gasteiger partial charge in [0.25, 0.3) is 0 Å². The fourth-order valence-corrected chi connectivity index (χ4v) is 2.00. The fourth-order valence-electron chi connectivity index (χ4n) is 1.12. The van der Waals surface area contributed by atoms with Gasteiger partial charge in [-0.05, 0) is 19.1 Å². The van der Waals surface area contributed by atoms with Gasteiger partial charge in [0.1, 0.15) is 5.82 Å². The van der Waals surface area contributed by atoms with Crippen LogP contribution in [0.3, 0.4) is 0 Å². The first-order valence-electron chi connectivity index (χ1n) is 4.95. The van der Waals surface area contributed by atoms with Gasteiger partial charge in [0.05, 0.1) is 5.69 Å². The Labute approximate surface area is 101 Å². The summed E-state index contributed by atoms with van der Waals surface area (Å²) in [5.74, 6) is 4.08. The third kappa shape index (κ3) is 5.16. The van der Waals surface area contributed by atoms with Gasteiger partial charge >= 0.3 is 0 Å². The maximum absolute atomic E-state index is 6.50. The highest BCUT2D eigenvalue weighted by molar-refractivity contribution is 8.08. The summed E-state index contributed by atoms with van der Waals surface area (Å²) in [6, 6.07) is 5.72. The summed E-state index contributed by atoms with van der Waals surface area (Å²) in [5.41, 5.74) is 6.60. The monoisotopic (exact) mass is 241 g/mol. The molecule has 5 heteroatoms. The van der Waals surface area contributed by atoms with E-state index in [1.807, 2.05) is 19.1 Å². The SMILES string of the molecule is C/C=C(\SC(C)C)c1cccc(N)n1.NO. The minimum Gasteiger partial charge on any atom is -0.384 e. The van der Waals surface area contributed by atoms with Crippen molar-refractivity contribution < 1.29 is 5.21 Å². The summed E-state index contributed by atoms with van der Waals surface area (Å²) in [6.45, 7) is 6.36. The second-order valence-electron chi connectivity index (χ2n) is 3.27.